The second-order valence-corrected chi connectivity index (χ2v) is 6.48. The van der Waals surface area contributed by atoms with Crippen LogP contribution in [0.25, 0.3) is 0 Å². The van der Waals surface area contributed by atoms with Gasteiger partial charge in [-0.25, -0.2) is 0 Å². The summed E-state index contributed by atoms with van der Waals surface area (Å²) in [5.74, 6) is -0.554. The van der Waals surface area contributed by atoms with Crippen LogP contribution >= 0.6 is 0 Å². The smallest absolute Gasteiger partial charge is 0.217 e. The minimum absolute atomic E-state index is 0.554. The van der Waals surface area contributed by atoms with E-state index >= 15 is 0 Å². The van der Waals surface area contributed by atoms with E-state index < -0.39 is 80.5 Å². The third-order valence-electron chi connectivity index (χ3n) is 4.60. The number of rotatable bonds is 6. The maximum Gasteiger partial charge on any atom is 0.217 e. The molecule has 0 aromatic rings. The van der Waals surface area contributed by atoms with E-state index in [-0.39, 0.29) is 0 Å². The van der Waals surface area contributed by atoms with Crippen molar-refractivity contribution in [3.63, 3.8) is 0 Å². The number of ether oxygens (including phenoxy) is 4. The van der Waals surface area contributed by atoms with Crippen LogP contribution in [-0.4, -0.2) is 118 Å². The number of carbonyl (C=O) groups excluding carboxylic acids is 1. The van der Waals surface area contributed by atoms with Gasteiger partial charge in [-0.2, -0.15) is 0 Å². The molecular weight excluding hydrogens is 370 g/mol. The topological polar surface area (TPSA) is 187 Å². The van der Waals surface area contributed by atoms with Gasteiger partial charge in [0.25, 0.3) is 0 Å². The Bertz CT molecular complexity index is 478. The predicted octanol–water partition coefficient (Wildman–Crippen LogP) is -4.60. The molecule has 2 rings (SSSR count). The molecule has 0 aromatic carbocycles. The van der Waals surface area contributed by atoms with Crippen molar-refractivity contribution in [1.29, 1.82) is 0 Å². The van der Waals surface area contributed by atoms with Crippen molar-refractivity contribution in [3.8, 4) is 0 Å². The number of carbonyl (C=O) groups is 1. The van der Waals surface area contributed by atoms with E-state index in [0.717, 1.165) is 0 Å². The molecule has 0 radical (unpaired) electrons. The third kappa shape index (κ3) is 4.74. The van der Waals surface area contributed by atoms with Gasteiger partial charge < -0.3 is 54.9 Å². The Balaban J connectivity index is 2.24. The number of aliphatic hydroxyl groups excluding tert-OH is 6. The molecule has 1 amide bonds. The van der Waals surface area contributed by atoms with E-state index in [4.69, 9.17) is 18.9 Å². The Morgan fingerprint density at radius 2 is 1.48 bits per heavy atom. The molecule has 0 aromatic heterocycles. The molecular formula is C15H27NO11. The summed E-state index contributed by atoms with van der Waals surface area (Å²) in [4.78, 5) is 11.4. The fourth-order valence-corrected chi connectivity index (χ4v) is 3.15. The highest BCUT2D eigenvalue weighted by molar-refractivity contribution is 5.73. The highest BCUT2D eigenvalue weighted by Crippen LogP contribution is 2.29. The van der Waals surface area contributed by atoms with Crippen LogP contribution in [0.4, 0.5) is 0 Å². The summed E-state index contributed by atoms with van der Waals surface area (Å²) in [6.07, 6.45) is -12.4. The van der Waals surface area contributed by atoms with Crippen molar-refractivity contribution in [3.05, 3.63) is 0 Å². The second-order valence-electron chi connectivity index (χ2n) is 6.48. The molecule has 0 aliphatic carbocycles. The van der Waals surface area contributed by atoms with Gasteiger partial charge in [-0.05, 0) is 0 Å². The minimum atomic E-state index is -1.55. The summed E-state index contributed by atoms with van der Waals surface area (Å²) in [6.45, 7) is -0.0617. The lowest BCUT2D eigenvalue weighted by Gasteiger charge is -2.46. The first-order chi connectivity index (χ1) is 12.7. The highest BCUT2D eigenvalue weighted by Gasteiger charge is 2.51. The predicted molar refractivity (Wildman–Crippen MR) is 85.0 cm³/mol. The molecule has 2 saturated heterocycles. The third-order valence-corrected chi connectivity index (χ3v) is 4.60. The van der Waals surface area contributed by atoms with Gasteiger partial charge in [-0.1, -0.05) is 0 Å². The standard InChI is InChI=1S/C15H27NO11/c1-5(19)16-8-11(22)9(20)6(3-17)25-14(8)27-13-10(21)7(4-18)26-15(24-2)12(13)23/h6-15,17-18,20-23H,3-4H2,1-2H3,(H,16,19)/t6-,7+,8+,9-,10+,11-,12+,13-,14+,15+/m1/s1. The fourth-order valence-electron chi connectivity index (χ4n) is 3.15. The summed E-state index contributed by atoms with van der Waals surface area (Å²) in [7, 11) is 1.25. The number of hydrogen-bond donors (Lipinski definition) is 7. The van der Waals surface area contributed by atoms with E-state index in [1.54, 1.807) is 0 Å². The van der Waals surface area contributed by atoms with Gasteiger partial charge in [-0.3, -0.25) is 4.79 Å². The minimum Gasteiger partial charge on any atom is -0.394 e. The average molecular weight is 397 g/mol. The van der Waals surface area contributed by atoms with E-state index in [2.05, 4.69) is 5.32 Å². The van der Waals surface area contributed by atoms with Crippen LogP contribution in [0, 0.1) is 0 Å². The largest absolute Gasteiger partial charge is 0.394 e. The van der Waals surface area contributed by atoms with Gasteiger partial charge in [0.15, 0.2) is 12.6 Å². The van der Waals surface area contributed by atoms with Crippen molar-refractivity contribution in [2.24, 2.45) is 0 Å². The zero-order valence-electron chi connectivity index (χ0n) is 14.9. The van der Waals surface area contributed by atoms with Gasteiger partial charge in [0, 0.05) is 14.0 Å². The van der Waals surface area contributed by atoms with Gasteiger partial charge in [-0.15, -0.1) is 0 Å². The van der Waals surface area contributed by atoms with Crippen LogP contribution in [0.1, 0.15) is 6.92 Å². The number of hydrogen-bond acceptors (Lipinski definition) is 11. The number of nitrogens with one attached hydrogen (secondary N) is 1. The monoisotopic (exact) mass is 397 g/mol. The summed E-state index contributed by atoms with van der Waals surface area (Å²) < 4.78 is 21.2. The van der Waals surface area contributed by atoms with Crippen LogP contribution < -0.4 is 5.32 Å². The fraction of sp³-hybridized carbons (Fsp3) is 0.933. The molecule has 2 aliphatic heterocycles. The summed E-state index contributed by atoms with van der Waals surface area (Å²) >= 11 is 0. The Hall–Kier alpha value is -0.930. The number of amides is 1. The van der Waals surface area contributed by atoms with Crippen LogP contribution in [-0.2, 0) is 23.7 Å². The lowest BCUT2D eigenvalue weighted by atomic mass is 9.95. The van der Waals surface area contributed by atoms with Crippen molar-refractivity contribution in [2.75, 3.05) is 20.3 Å². The Morgan fingerprint density at radius 1 is 0.926 bits per heavy atom. The molecule has 2 aliphatic rings. The molecule has 10 atom stereocenters. The molecule has 27 heavy (non-hydrogen) atoms. The van der Waals surface area contributed by atoms with Gasteiger partial charge >= 0.3 is 0 Å². The van der Waals surface area contributed by atoms with E-state index in [1.807, 2.05) is 0 Å². The second kappa shape index (κ2) is 9.52. The summed E-state index contributed by atoms with van der Waals surface area (Å²) in [5.41, 5.74) is 0. The summed E-state index contributed by atoms with van der Waals surface area (Å²) in [6, 6.07) is -1.25. The zero-order valence-corrected chi connectivity index (χ0v) is 14.9. The number of methoxy groups -OCH3 is 1. The first-order valence-corrected chi connectivity index (χ1v) is 8.45. The van der Waals surface area contributed by atoms with Crippen molar-refractivity contribution < 1.29 is 54.4 Å². The highest BCUT2D eigenvalue weighted by atomic mass is 16.7. The SMILES string of the molecule is CO[C@H]1O[C@@H](CO)[C@H](O)[C@@H](O[C@@H]2O[C@H](CO)[C@@H](O)[C@H](O)[C@@H]2NC(C)=O)[C@@H]1O. The maximum absolute atomic E-state index is 11.4. The maximum atomic E-state index is 11.4. The van der Waals surface area contributed by atoms with E-state index in [0.29, 0.717) is 0 Å². The van der Waals surface area contributed by atoms with Gasteiger partial charge in [0.1, 0.15) is 48.8 Å². The Kier molecular flexibility index (Phi) is 7.88. The quantitative estimate of drug-likeness (QED) is 0.228. The lowest BCUT2D eigenvalue weighted by Crippen LogP contribution is -2.67. The van der Waals surface area contributed by atoms with Crippen LogP contribution in [0.3, 0.4) is 0 Å². The van der Waals surface area contributed by atoms with Crippen LogP contribution in [0.5, 0.6) is 0 Å². The Labute approximate surface area is 155 Å². The molecule has 158 valence electrons. The molecule has 0 saturated carbocycles. The van der Waals surface area contributed by atoms with E-state index in [9.17, 15) is 35.4 Å². The molecule has 0 unspecified atom stereocenters. The summed E-state index contributed by atoms with van der Waals surface area (Å²) in [5, 5.41) is 61.9. The average Bonchev–Trinajstić information content (AvgIpc) is 2.64. The van der Waals surface area contributed by atoms with Crippen molar-refractivity contribution in [2.45, 2.75) is 68.3 Å². The molecule has 12 nitrogen and oxygen atoms in total. The van der Waals surface area contributed by atoms with Crippen LogP contribution in [0.15, 0.2) is 0 Å². The normalized spacial score (nSPS) is 45.5. The molecule has 0 bridgehead atoms. The van der Waals surface area contributed by atoms with Gasteiger partial charge in [0.05, 0.1) is 13.2 Å². The Morgan fingerprint density at radius 3 is 2.00 bits per heavy atom. The van der Waals surface area contributed by atoms with Crippen molar-refractivity contribution >= 4 is 5.91 Å². The molecule has 2 fully saturated rings. The molecule has 0 spiro atoms. The van der Waals surface area contributed by atoms with Gasteiger partial charge in [0.2, 0.25) is 5.91 Å². The van der Waals surface area contributed by atoms with Crippen molar-refractivity contribution in [1.82, 2.24) is 5.32 Å². The molecule has 2 heterocycles. The molecule has 12 heteroatoms. The first kappa shape index (κ1) is 22.4. The van der Waals surface area contributed by atoms with E-state index in [1.165, 1.54) is 14.0 Å². The van der Waals surface area contributed by atoms with Crippen LogP contribution in [0.2, 0.25) is 0 Å². The molecule has 7 N–H and O–H groups in total. The first-order valence-electron chi connectivity index (χ1n) is 8.45. The number of aliphatic hydroxyl groups is 6. The zero-order chi connectivity index (χ0) is 20.3. The lowest BCUT2D eigenvalue weighted by molar-refractivity contribution is -0.344.